The first-order valence-electron chi connectivity index (χ1n) is 19.7. The van der Waals surface area contributed by atoms with E-state index in [0.717, 1.165) is 67.2 Å². The molecule has 0 saturated carbocycles. The minimum atomic E-state index is 0.889. The van der Waals surface area contributed by atoms with E-state index < -0.39 is 0 Å². The highest BCUT2D eigenvalue weighted by atomic mass is 16.3. The summed E-state index contributed by atoms with van der Waals surface area (Å²) in [5.74, 6) is 0. The van der Waals surface area contributed by atoms with Gasteiger partial charge >= 0.3 is 0 Å². The Balaban J connectivity index is 1.08. The van der Waals surface area contributed by atoms with Crippen LogP contribution >= 0.6 is 0 Å². The van der Waals surface area contributed by atoms with Crippen molar-refractivity contribution in [3.63, 3.8) is 0 Å². The maximum absolute atomic E-state index is 6.70. The van der Waals surface area contributed by atoms with Gasteiger partial charge < -0.3 is 14.2 Å². The number of hydrogen-bond acceptors (Lipinski definition) is 3. The highest BCUT2D eigenvalue weighted by molar-refractivity contribution is 6.11. The van der Waals surface area contributed by atoms with Crippen molar-refractivity contribution >= 4 is 56.1 Å². The van der Waals surface area contributed by atoms with Gasteiger partial charge in [0.15, 0.2) is 0 Å². The highest BCUT2D eigenvalue weighted by Gasteiger charge is 2.19. The van der Waals surface area contributed by atoms with Gasteiger partial charge in [-0.1, -0.05) is 107 Å². The summed E-state index contributed by atoms with van der Waals surface area (Å²) in [6, 6.07) is 61.7. The van der Waals surface area contributed by atoms with E-state index in [0.29, 0.717) is 0 Å². The van der Waals surface area contributed by atoms with Gasteiger partial charge in [0.2, 0.25) is 0 Å². The minimum absolute atomic E-state index is 0.889. The summed E-state index contributed by atoms with van der Waals surface area (Å²) < 4.78 is 6.70. The average Bonchev–Trinajstić information content (AvgIpc) is 3.60. The average molecular weight is 739 g/mol. The normalized spacial score (nSPS) is 11.3. The van der Waals surface area contributed by atoms with Crippen molar-refractivity contribution in [1.82, 2.24) is 0 Å². The van der Waals surface area contributed by atoms with Crippen LogP contribution in [0.1, 0.15) is 33.4 Å². The highest BCUT2D eigenvalue weighted by Crippen LogP contribution is 2.43. The van der Waals surface area contributed by atoms with Gasteiger partial charge in [0.25, 0.3) is 0 Å². The maximum atomic E-state index is 6.70. The second-order valence-corrected chi connectivity index (χ2v) is 15.5. The molecule has 1 aromatic heterocycles. The Morgan fingerprint density at radius 1 is 0.333 bits per heavy atom. The summed E-state index contributed by atoms with van der Waals surface area (Å²) >= 11 is 0. The topological polar surface area (TPSA) is 19.6 Å². The lowest BCUT2D eigenvalue weighted by atomic mass is 9.96. The van der Waals surface area contributed by atoms with Crippen LogP contribution in [0.2, 0.25) is 0 Å². The summed E-state index contributed by atoms with van der Waals surface area (Å²) in [6.07, 6.45) is 0. The second kappa shape index (κ2) is 14.7. The maximum Gasteiger partial charge on any atom is 0.143 e. The predicted molar refractivity (Wildman–Crippen MR) is 242 cm³/mol. The zero-order valence-corrected chi connectivity index (χ0v) is 33.5. The monoisotopic (exact) mass is 738 g/mol. The number of para-hydroxylation sites is 1. The van der Waals surface area contributed by atoms with Gasteiger partial charge in [-0.15, -0.1) is 0 Å². The molecule has 0 atom stereocenters. The van der Waals surface area contributed by atoms with Gasteiger partial charge in [-0.25, -0.2) is 0 Å². The molecule has 57 heavy (non-hydrogen) atoms. The van der Waals surface area contributed by atoms with Crippen LogP contribution in [0.4, 0.5) is 34.1 Å². The van der Waals surface area contributed by atoms with Crippen LogP contribution in [0.3, 0.4) is 0 Å². The van der Waals surface area contributed by atoms with Crippen LogP contribution in [0, 0.1) is 41.5 Å². The van der Waals surface area contributed by atoms with E-state index in [1.54, 1.807) is 0 Å². The van der Waals surface area contributed by atoms with Crippen molar-refractivity contribution in [2.45, 2.75) is 41.5 Å². The van der Waals surface area contributed by atoms with Crippen LogP contribution in [-0.4, -0.2) is 0 Å². The lowest BCUT2D eigenvalue weighted by Gasteiger charge is -2.26. The fraction of sp³-hybridized carbons (Fsp3) is 0.111. The van der Waals surface area contributed by atoms with E-state index >= 15 is 0 Å². The molecule has 3 heteroatoms. The van der Waals surface area contributed by atoms with Crippen LogP contribution in [0.25, 0.3) is 44.2 Å². The Kier molecular flexibility index (Phi) is 9.22. The van der Waals surface area contributed by atoms with E-state index in [-0.39, 0.29) is 0 Å². The second-order valence-electron chi connectivity index (χ2n) is 15.5. The first-order valence-corrected chi connectivity index (χ1v) is 19.7. The van der Waals surface area contributed by atoms with Crippen LogP contribution < -0.4 is 9.80 Å². The van der Waals surface area contributed by atoms with Gasteiger partial charge in [-0.2, -0.15) is 0 Å². The third-order valence-corrected chi connectivity index (χ3v) is 11.2. The predicted octanol–water partition coefficient (Wildman–Crippen LogP) is 15.7. The van der Waals surface area contributed by atoms with Crippen LogP contribution in [0.15, 0.2) is 174 Å². The summed E-state index contributed by atoms with van der Waals surface area (Å²) in [5.41, 5.74) is 20.6. The molecule has 8 aromatic carbocycles. The Hall–Kier alpha value is -6.84. The lowest BCUT2D eigenvalue weighted by molar-refractivity contribution is 0.670. The fourth-order valence-electron chi connectivity index (χ4n) is 8.05. The lowest BCUT2D eigenvalue weighted by Crippen LogP contribution is -2.10. The van der Waals surface area contributed by atoms with E-state index in [1.165, 1.54) is 44.5 Å². The van der Waals surface area contributed by atoms with E-state index in [2.05, 4.69) is 221 Å². The molecule has 0 aliphatic rings. The number of nitrogens with zero attached hydrogens (tertiary/aromatic N) is 2. The number of hydrogen-bond donors (Lipinski definition) is 0. The first-order chi connectivity index (χ1) is 27.7. The Labute approximate surface area is 336 Å². The summed E-state index contributed by atoms with van der Waals surface area (Å²) in [4.78, 5) is 4.66. The molecule has 1 heterocycles. The number of benzene rings is 8. The number of furan rings is 1. The molecular weight excluding hydrogens is 693 g/mol. The van der Waals surface area contributed by atoms with Gasteiger partial charge in [-0.05, 0) is 154 Å². The van der Waals surface area contributed by atoms with Crippen molar-refractivity contribution in [2.24, 2.45) is 0 Å². The molecule has 0 saturated heterocycles. The van der Waals surface area contributed by atoms with Crippen molar-refractivity contribution < 1.29 is 4.42 Å². The Morgan fingerprint density at radius 2 is 0.754 bits per heavy atom. The molecule has 9 aromatic rings. The first kappa shape index (κ1) is 35.8. The molecule has 0 unspecified atom stereocenters. The van der Waals surface area contributed by atoms with Crippen LogP contribution in [0.5, 0.6) is 0 Å². The molecule has 0 fully saturated rings. The van der Waals surface area contributed by atoms with Crippen LogP contribution in [-0.2, 0) is 0 Å². The molecule has 0 bridgehead atoms. The van der Waals surface area contributed by atoms with E-state index in [1.807, 2.05) is 0 Å². The molecule has 0 spiro atoms. The van der Waals surface area contributed by atoms with Gasteiger partial charge in [0, 0.05) is 50.5 Å². The molecule has 0 aliphatic heterocycles. The molecular formula is C54H46N2O. The van der Waals surface area contributed by atoms with Crippen molar-refractivity contribution in [3.05, 3.63) is 203 Å². The number of rotatable bonds is 8. The zero-order valence-electron chi connectivity index (χ0n) is 33.5. The van der Waals surface area contributed by atoms with Crippen molar-refractivity contribution in [1.29, 1.82) is 0 Å². The minimum Gasteiger partial charge on any atom is -0.455 e. The molecule has 0 radical (unpaired) electrons. The zero-order chi connectivity index (χ0) is 39.2. The van der Waals surface area contributed by atoms with Crippen molar-refractivity contribution in [2.75, 3.05) is 9.80 Å². The van der Waals surface area contributed by atoms with Gasteiger partial charge in [-0.3, -0.25) is 0 Å². The Morgan fingerprint density at radius 3 is 1.19 bits per heavy atom. The SMILES string of the molecule is Cc1ccc(N(c2ccc(C)cc2)c2ccc(-c3ccc4oc5c(-c6ccc(N(c7ccc(C)cc7)c7ccc(C)cc7)cc6C)cccc5c4c3)c(C)c2)cc1. The molecule has 3 nitrogen and oxygen atoms in total. The van der Waals surface area contributed by atoms with E-state index in [4.69, 9.17) is 4.42 Å². The summed E-state index contributed by atoms with van der Waals surface area (Å²) in [5, 5.41) is 2.24. The number of aryl methyl sites for hydroxylation is 6. The molecule has 0 aliphatic carbocycles. The number of fused-ring (bicyclic) bond motifs is 3. The third kappa shape index (κ3) is 6.87. The molecule has 0 N–H and O–H groups in total. The smallest absolute Gasteiger partial charge is 0.143 e. The quantitative estimate of drug-likeness (QED) is 0.155. The molecule has 278 valence electrons. The standard InChI is InChI=1S/C54H46N2O/c1-35-10-19-42(20-11-35)55(43-21-12-36(2)13-22-43)46-27-29-48(39(5)32-46)41-18-31-53-52(34-41)51-9-7-8-50(54(51)57-53)49-30-28-47(33-40(49)6)56(44-23-14-37(3)15-24-44)45-25-16-38(4)17-26-45/h7-34H,1-6H3. The third-order valence-electron chi connectivity index (χ3n) is 11.2. The molecule has 0 amide bonds. The van der Waals surface area contributed by atoms with E-state index in [9.17, 15) is 0 Å². The van der Waals surface area contributed by atoms with Crippen molar-refractivity contribution in [3.8, 4) is 22.3 Å². The fourth-order valence-corrected chi connectivity index (χ4v) is 8.05. The van der Waals surface area contributed by atoms with Gasteiger partial charge in [0.1, 0.15) is 11.2 Å². The Bertz CT molecular complexity index is 2790. The molecule has 9 rings (SSSR count). The largest absolute Gasteiger partial charge is 0.455 e. The number of anilines is 6. The van der Waals surface area contributed by atoms with Gasteiger partial charge in [0.05, 0.1) is 0 Å². The summed E-state index contributed by atoms with van der Waals surface area (Å²) in [6.45, 7) is 12.9. The summed E-state index contributed by atoms with van der Waals surface area (Å²) in [7, 11) is 0.